The zero-order chi connectivity index (χ0) is 9.26. The molecule has 0 radical (unpaired) electrons. The Kier molecular flexibility index (Phi) is 2.24. The van der Waals surface area contributed by atoms with Gasteiger partial charge in [-0.15, -0.1) is 11.6 Å². The molecule has 0 aromatic heterocycles. The van der Waals surface area contributed by atoms with E-state index in [1.54, 1.807) is 0 Å². The fraction of sp³-hybridized carbons (Fsp3) is 0.364. The van der Waals surface area contributed by atoms with Gasteiger partial charge in [0, 0.05) is 0 Å². The van der Waals surface area contributed by atoms with Gasteiger partial charge in [0.05, 0.1) is 6.07 Å². The molecule has 1 atom stereocenters. The summed E-state index contributed by atoms with van der Waals surface area (Å²) >= 11 is 5.91. The number of rotatable bonds is 2. The largest absolute Gasteiger partial charge is 0.196 e. The van der Waals surface area contributed by atoms with Gasteiger partial charge in [-0.2, -0.15) is 5.26 Å². The maximum atomic E-state index is 8.73. The van der Waals surface area contributed by atoms with Crippen molar-refractivity contribution in [1.82, 2.24) is 0 Å². The van der Waals surface area contributed by atoms with Crippen molar-refractivity contribution < 1.29 is 0 Å². The van der Waals surface area contributed by atoms with Crippen molar-refractivity contribution in [2.75, 3.05) is 0 Å². The van der Waals surface area contributed by atoms with E-state index in [2.05, 4.69) is 12.1 Å². The zero-order valence-corrected chi connectivity index (χ0v) is 7.96. The van der Waals surface area contributed by atoms with Crippen molar-refractivity contribution >= 4 is 11.6 Å². The predicted octanol–water partition coefficient (Wildman–Crippen LogP) is 3.37. The summed E-state index contributed by atoms with van der Waals surface area (Å²) in [6, 6.07) is 10.1. The van der Waals surface area contributed by atoms with E-state index in [-0.39, 0.29) is 0 Å². The molecule has 1 aromatic rings. The van der Waals surface area contributed by atoms with Crippen LogP contribution in [0.2, 0.25) is 0 Å². The van der Waals surface area contributed by atoms with E-state index in [1.807, 2.05) is 18.2 Å². The molecule has 0 spiro atoms. The van der Waals surface area contributed by atoms with Gasteiger partial charge in [0.1, 0.15) is 5.38 Å². The normalized spacial score (nSPS) is 17.8. The molecule has 2 rings (SSSR count). The second kappa shape index (κ2) is 3.40. The maximum Gasteiger partial charge on any atom is 0.145 e. The highest BCUT2D eigenvalue weighted by molar-refractivity contribution is 6.22. The summed E-state index contributed by atoms with van der Waals surface area (Å²) in [6.07, 6.45) is 2.48. The maximum absolute atomic E-state index is 8.73. The topological polar surface area (TPSA) is 23.8 Å². The Morgan fingerprint density at radius 2 is 2.08 bits per heavy atom. The Hall–Kier alpha value is -1.00. The second-order valence-corrected chi connectivity index (χ2v) is 3.83. The third-order valence-electron chi connectivity index (χ3n) is 2.40. The van der Waals surface area contributed by atoms with E-state index >= 15 is 0 Å². The molecule has 1 unspecified atom stereocenters. The molecule has 66 valence electrons. The van der Waals surface area contributed by atoms with Crippen molar-refractivity contribution in [3.8, 4) is 6.07 Å². The fourth-order valence-corrected chi connectivity index (χ4v) is 1.78. The summed E-state index contributed by atoms with van der Waals surface area (Å²) in [5.41, 5.74) is 2.26. The van der Waals surface area contributed by atoms with Gasteiger partial charge in [0.15, 0.2) is 0 Å². The number of hydrogen-bond donors (Lipinski definition) is 0. The first kappa shape index (κ1) is 8.59. The molecule has 1 aromatic carbocycles. The van der Waals surface area contributed by atoms with Crippen LogP contribution in [0.5, 0.6) is 0 Å². The lowest BCUT2D eigenvalue weighted by molar-refractivity contribution is 1.06. The van der Waals surface area contributed by atoms with Crippen LogP contribution in [0, 0.1) is 11.3 Å². The summed E-state index contributed by atoms with van der Waals surface area (Å²) in [5, 5.41) is 8.24. The first-order valence-electron chi connectivity index (χ1n) is 4.45. The molecule has 1 aliphatic rings. The number of benzene rings is 1. The zero-order valence-electron chi connectivity index (χ0n) is 7.20. The third-order valence-corrected chi connectivity index (χ3v) is 2.73. The van der Waals surface area contributed by atoms with Crippen LogP contribution in [0.1, 0.15) is 35.3 Å². The van der Waals surface area contributed by atoms with Crippen molar-refractivity contribution in [2.45, 2.75) is 24.1 Å². The molecule has 0 bridgehead atoms. The highest BCUT2D eigenvalue weighted by Gasteiger charge is 2.27. The lowest BCUT2D eigenvalue weighted by atomic mass is 10.0. The predicted molar refractivity (Wildman–Crippen MR) is 52.6 cm³/mol. The van der Waals surface area contributed by atoms with Gasteiger partial charge < -0.3 is 0 Å². The fourth-order valence-electron chi connectivity index (χ4n) is 1.58. The monoisotopic (exact) mass is 191 g/mol. The van der Waals surface area contributed by atoms with Crippen molar-refractivity contribution in [2.24, 2.45) is 0 Å². The Morgan fingerprint density at radius 3 is 2.69 bits per heavy atom. The van der Waals surface area contributed by atoms with Gasteiger partial charge >= 0.3 is 0 Å². The van der Waals surface area contributed by atoms with Crippen LogP contribution in [-0.4, -0.2) is 0 Å². The molecule has 0 amide bonds. The minimum atomic E-state index is -0.489. The van der Waals surface area contributed by atoms with Crippen LogP contribution in [0.25, 0.3) is 0 Å². The average molecular weight is 192 g/mol. The van der Waals surface area contributed by atoms with Crippen LogP contribution in [0.3, 0.4) is 0 Å². The Morgan fingerprint density at radius 1 is 1.38 bits per heavy atom. The summed E-state index contributed by atoms with van der Waals surface area (Å²) in [6.45, 7) is 0. The van der Waals surface area contributed by atoms with Gasteiger partial charge in [0.25, 0.3) is 0 Å². The lowest BCUT2D eigenvalue weighted by Gasteiger charge is -2.07. The van der Waals surface area contributed by atoms with E-state index in [9.17, 15) is 0 Å². The molecular formula is C11H10ClN. The van der Waals surface area contributed by atoms with Crippen molar-refractivity contribution in [3.05, 3.63) is 35.4 Å². The average Bonchev–Trinajstić information content (AvgIpc) is 3.00. The van der Waals surface area contributed by atoms with Gasteiger partial charge in [-0.1, -0.05) is 24.3 Å². The Balaban J connectivity index is 2.38. The first-order valence-corrected chi connectivity index (χ1v) is 4.89. The number of nitriles is 1. The molecule has 0 N–H and O–H groups in total. The van der Waals surface area contributed by atoms with E-state index in [1.165, 1.54) is 18.4 Å². The molecule has 0 heterocycles. The van der Waals surface area contributed by atoms with Crippen LogP contribution in [0.15, 0.2) is 24.3 Å². The van der Waals surface area contributed by atoms with Crippen molar-refractivity contribution in [3.63, 3.8) is 0 Å². The smallest absolute Gasteiger partial charge is 0.145 e. The SMILES string of the molecule is N#CC(Cl)c1ccccc1C1CC1. The van der Waals surface area contributed by atoms with E-state index in [4.69, 9.17) is 16.9 Å². The summed E-state index contributed by atoms with van der Waals surface area (Å²) < 4.78 is 0. The second-order valence-electron chi connectivity index (χ2n) is 3.39. The minimum Gasteiger partial charge on any atom is -0.196 e. The van der Waals surface area contributed by atoms with E-state index < -0.39 is 5.38 Å². The molecule has 2 heteroatoms. The van der Waals surface area contributed by atoms with E-state index in [0.29, 0.717) is 5.92 Å². The quantitative estimate of drug-likeness (QED) is 0.658. The molecule has 0 saturated heterocycles. The summed E-state index contributed by atoms with van der Waals surface area (Å²) in [5.74, 6) is 0.658. The van der Waals surface area contributed by atoms with Gasteiger partial charge in [-0.3, -0.25) is 0 Å². The van der Waals surface area contributed by atoms with Crippen molar-refractivity contribution in [1.29, 1.82) is 5.26 Å². The van der Waals surface area contributed by atoms with Gasteiger partial charge in [-0.25, -0.2) is 0 Å². The molecule has 1 nitrogen and oxygen atoms in total. The Labute approximate surface area is 82.9 Å². The van der Waals surface area contributed by atoms with E-state index in [0.717, 1.165) is 5.56 Å². The van der Waals surface area contributed by atoms with Gasteiger partial charge in [0.2, 0.25) is 0 Å². The molecule has 1 fully saturated rings. The summed E-state index contributed by atoms with van der Waals surface area (Å²) in [4.78, 5) is 0. The summed E-state index contributed by atoms with van der Waals surface area (Å²) in [7, 11) is 0. The number of alkyl halides is 1. The molecular weight excluding hydrogens is 182 g/mol. The number of halogens is 1. The van der Waals surface area contributed by atoms with Crippen LogP contribution >= 0.6 is 11.6 Å². The highest BCUT2D eigenvalue weighted by Crippen LogP contribution is 2.43. The standard InChI is InChI=1S/C11H10ClN/c12-11(7-13)10-4-2-1-3-9(10)8-5-6-8/h1-4,8,11H,5-6H2. The number of nitrogens with zero attached hydrogens (tertiary/aromatic N) is 1. The third kappa shape index (κ3) is 1.68. The molecule has 0 aliphatic heterocycles. The van der Waals surface area contributed by atoms with Crippen LogP contribution < -0.4 is 0 Å². The lowest BCUT2D eigenvalue weighted by Crippen LogP contribution is -1.93. The molecule has 13 heavy (non-hydrogen) atoms. The highest BCUT2D eigenvalue weighted by atomic mass is 35.5. The minimum absolute atomic E-state index is 0.489. The Bertz CT molecular complexity index is 349. The number of hydrogen-bond acceptors (Lipinski definition) is 1. The van der Waals surface area contributed by atoms with Crippen LogP contribution in [-0.2, 0) is 0 Å². The van der Waals surface area contributed by atoms with Gasteiger partial charge in [-0.05, 0) is 29.9 Å². The molecule has 1 aliphatic carbocycles. The first-order chi connectivity index (χ1) is 6.33. The van der Waals surface area contributed by atoms with Crippen LogP contribution in [0.4, 0.5) is 0 Å². The molecule has 1 saturated carbocycles.